The Morgan fingerprint density at radius 3 is 1.00 bits per heavy atom. The first-order chi connectivity index (χ1) is 8.49. The lowest BCUT2D eigenvalue weighted by Crippen LogP contribution is -2.55. The summed E-state index contributed by atoms with van der Waals surface area (Å²) in [5.74, 6) is 0. The van der Waals surface area contributed by atoms with Gasteiger partial charge in [0.05, 0.1) is 15.2 Å². The summed E-state index contributed by atoms with van der Waals surface area (Å²) in [4.78, 5) is 0. The van der Waals surface area contributed by atoms with Gasteiger partial charge in [0, 0.05) is 7.44 Å². The zero-order valence-corrected chi connectivity index (χ0v) is 19.0. The van der Waals surface area contributed by atoms with Crippen LogP contribution in [0.25, 0.3) is 0 Å². The maximum atomic E-state index is 2.62. The molecule has 1 aliphatic carbocycles. The Morgan fingerprint density at radius 2 is 0.850 bits per heavy atom. The number of rotatable bonds is 2. The summed E-state index contributed by atoms with van der Waals surface area (Å²) >= 11 is 0. The molecule has 0 spiro atoms. The fraction of sp³-hybridized carbons (Fsp3) is 0.824. The molecule has 0 aromatic heterocycles. The van der Waals surface area contributed by atoms with Crippen LogP contribution in [0.5, 0.6) is 0 Å². The topological polar surface area (TPSA) is 0 Å². The van der Waals surface area contributed by atoms with E-state index >= 15 is 0 Å². The summed E-state index contributed by atoms with van der Waals surface area (Å²) in [5.41, 5.74) is 4.22. The van der Waals surface area contributed by atoms with Crippen LogP contribution in [0.15, 0.2) is 11.1 Å². The van der Waals surface area contributed by atoms with Crippen LogP contribution >= 0.6 is 0 Å². The zero-order valence-electron chi connectivity index (χ0n) is 16.0. The molecule has 1 aliphatic rings. The maximum Gasteiger partial charge on any atom is 0.0528 e. The lowest BCUT2D eigenvalue weighted by atomic mass is 9.89. The third-order valence-corrected chi connectivity index (χ3v) is 31.9. The Morgan fingerprint density at radius 1 is 0.600 bits per heavy atom. The molecule has 116 valence electrons. The Bertz CT molecular complexity index is 424. The molecule has 0 bridgehead atoms. The van der Waals surface area contributed by atoms with E-state index in [1.165, 1.54) is 0 Å². The van der Waals surface area contributed by atoms with E-state index < -0.39 is 15.2 Å². The van der Waals surface area contributed by atoms with E-state index in [9.17, 15) is 0 Å². The van der Waals surface area contributed by atoms with Crippen LogP contribution in [0.4, 0.5) is 0 Å². The summed E-state index contributed by atoms with van der Waals surface area (Å²) in [6.07, 6.45) is 0. The minimum atomic E-state index is -1.08. The molecule has 0 N–H and O–H groups in total. The normalized spacial score (nSPS) is 17.7. The molecule has 0 nitrogen and oxygen atoms in total. The molecule has 0 saturated carbocycles. The van der Waals surface area contributed by atoms with Gasteiger partial charge in [-0.25, -0.2) is 0 Å². The first kappa shape index (κ1) is 18.3. The van der Waals surface area contributed by atoms with Gasteiger partial charge >= 0.3 is 0 Å². The van der Waals surface area contributed by atoms with Crippen molar-refractivity contribution in [3.05, 3.63) is 11.1 Å². The molecule has 0 aromatic carbocycles. The van der Waals surface area contributed by atoms with Crippen molar-refractivity contribution in [3.63, 3.8) is 0 Å². The summed E-state index contributed by atoms with van der Waals surface area (Å²) in [6.45, 7) is 30.2. The second kappa shape index (κ2) is 4.88. The molecule has 1 rings (SSSR count). The third kappa shape index (κ3) is 3.72. The Kier molecular flexibility index (Phi) is 4.47. The van der Waals surface area contributed by atoms with Gasteiger partial charge in [-0.05, 0) is 27.1 Å². The van der Waals surface area contributed by atoms with Gasteiger partial charge < -0.3 is 0 Å². The van der Waals surface area contributed by atoms with E-state index in [0.29, 0.717) is 10.8 Å². The highest BCUT2D eigenvalue weighted by Crippen LogP contribution is 2.50. The minimum Gasteiger partial charge on any atom is -0.0693 e. The second-order valence-corrected chi connectivity index (χ2v) is 34.2. The average molecular weight is 325 g/mol. The third-order valence-electron chi connectivity index (χ3n) is 3.94. The van der Waals surface area contributed by atoms with Crippen LogP contribution in [0.3, 0.4) is 0 Å². The van der Waals surface area contributed by atoms with Gasteiger partial charge in [-0.1, -0.05) is 80.8 Å². The van der Waals surface area contributed by atoms with Crippen molar-refractivity contribution in [2.45, 2.75) is 80.8 Å². The maximum absolute atomic E-state index is 2.62. The predicted molar refractivity (Wildman–Crippen MR) is 103 cm³/mol. The smallest absolute Gasteiger partial charge is 0.0528 e. The van der Waals surface area contributed by atoms with Crippen LogP contribution in [-0.4, -0.2) is 27.8 Å². The summed E-state index contributed by atoms with van der Waals surface area (Å²) in [5, 5.41) is 1.91. The van der Waals surface area contributed by atoms with E-state index in [2.05, 4.69) is 80.8 Å². The Hall–Kier alpha value is 0.261. The fourth-order valence-corrected chi connectivity index (χ4v) is 42.0. The highest BCUT2D eigenvalue weighted by atomic mass is 29.6. The van der Waals surface area contributed by atoms with E-state index in [4.69, 9.17) is 0 Å². The summed E-state index contributed by atoms with van der Waals surface area (Å²) < 4.78 is 0. The van der Waals surface area contributed by atoms with E-state index in [0.717, 1.165) is 0 Å². The molecule has 3 heteroatoms. The van der Waals surface area contributed by atoms with E-state index in [1.807, 2.05) is 5.17 Å². The highest BCUT2D eigenvalue weighted by molar-refractivity contribution is 7.61. The Balaban J connectivity index is 3.57. The van der Waals surface area contributed by atoms with Gasteiger partial charge in [0.1, 0.15) is 0 Å². The molecule has 0 unspecified atom stereocenters. The highest BCUT2D eigenvalue weighted by Gasteiger charge is 2.48. The standard InChI is InChI=1S/C17H36Si3/c1-16(2,3)13-14(17(4,5)6)15(13)18(19(7,8)9)20(10,11)12/h1-12H3. The molecule has 20 heavy (non-hydrogen) atoms. The van der Waals surface area contributed by atoms with Crippen LogP contribution in [0.2, 0.25) is 39.3 Å². The second-order valence-electron chi connectivity index (χ2n) is 10.5. The van der Waals surface area contributed by atoms with E-state index in [-0.39, 0.29) is 7.44 Å². The van der Waals surface area contributed by atoms with Crippen molar-refractivity contribution in [1.82, 2.24) is 0 Å². The molecule has 0 aromatic rings. The molecule has 0 atom stereocenters. The molecular formula is C17H36Si3. The number of hydrogen-bond donors (Lipinski definition) is 0. The first-order valence-electron chi connectivity index (χ1n) is 8.00. The van der Waals surface area contributed by atoms with Gasteiger partial charge in [0.15, 0.2) is 0 Å². The number of hydrogen-bond acceptors (Lipinski definition) is 0. The van der Waals surface area contributed by atoms with Crippen LogP contribution in [-0.2, 0) is 0 Å². The fourth-order valence-electron chi connectivity index (χ4n) is 3.81. The summed E-state index contributed by atoms with van der Waals surface area (Å²) in [7, 11) is -2.48. The SMILES string of the molecule is CC(C)(C)C1=C(C(C)(C)C)C1=[Si]([Si](C)(C)C)[Si](C)(C)C. The van der Waals surface area contributed by atoms with Crippen LogP contribution in [0.1, 0.15) is 41.5 Å². The van der Waals surface area contributed by atoms with Crippen molar-refractivity contribution in [2.75, 3.05) is 0 Å². The van der Waals surface area contributed by atoms with Crippen molar-refractivity contribution >= 4 is 27.8 Å². The van der Waals surface area contributed by atoms with Gasteiger partial charge in [-0.2, -0.15) is 0 Å². The van der Waals surface area contributed by atoms with Gasteiger partial charge in [0.2, 0.25) is 0 Å². The van der Waals surface area contributed by atoms with Crippen molar-refractivity contribution in [1.29, 1.82) is 0 Å². The quantitative estimate of drug-likeness (QED) is 0.591. The monoisotopic (exact) mass is 324 g/mol. The van der Waals surface area contributed by atoms with Gasteiger partial charge in [0.25, 0.3) is 0 Å². The zero-order chi connectivity index (χ0) is 16.3. The van der Waals surface area contributed by atoms with E-state index in [1.54, 1.807) is 11.1 Å². The molecule has 0 saturated heterocycles. The lowest BCUT2D eigenvalue weighted by Gasteiger charge is -2.32. The van der Waals surface area contributed by atoms with Gasteiger partial charge in [-0.3, -0.25) is 0 Å². The molecule has 0 heterocycles. The minimum absolute atomic E-state index is 0.322. The Labute approximate surface area is 130 Å². The molecule has 0 aliphatic heterocycles. The first-order valence-corrected chi connectivity index (χ1v) is 18.5. The van der Waals surface area contributed by atoms with Crippen molar-refractivity contribution in [2.24, 2.45) is 10.8 Å². The molecule has 0 amide bonds. The lowest BCUT2D eigenvalue weighted by molar-refractivity contribution is 0.502. The van der Waals surface area contributed by atoms with Crippen molar-refractivity contribution in [3.8, 4) is 0 Å². The van der Waals surface area contributed by atoms with Gasteiger partial charge in [-0.15, -0.1) is 0 Å². The number of allylic oxidation sites excluding steroid dienone is 2. The van der Waals surface area contributed by atoms with Crippen LogP contribution < -0.4 is 0 Å². The summed E-state index contributed by atoms with van der Waals surface area (Å²) in [6, 6.07) is 0. The van der Waals surface area contributed by atoms with Crippen LogP contribution in [0, 0.1) is 10.8 Å². The molecule has 0 fully saturated rings. The average Bonchev–Trinajstić information content (AvgIpc) is 2.69. The van der Waals surface area contributed by atoms with Crippen molar-refractivity contribution < 1.29 is 0 Å². The molecular weight excluding hydrogens is 288 g/mol. The molecule has 0 radical (unpaired) electrons. The predicted octanol–water partition coefficient (Wildman–Crippen LogP) is 5.47. The largest absolute Gasteiger partial charge is 0.0693 e.